The van der Waals surface area contributed by atoms with E-state index in [4.69, 9.17) is 4.74 Å². The fourth-order valence-electron chi connectivity index (χ4n) is 2.41. The van der Waals surface area contributed by atoms with Crippen molar-refractivity contribution >= 4 is 11.7 Å². The molecule has 0 bridgehead atoms. The number of carbonyl (C=O) groups is 1. The van der Waals surface area contributed by atoms with Crippen LogP contribution in [0.3, 0.4) is 0 Å². The molecule has 6 nitrogen and oxygen atoms in total. The molecule has 0 fully saturated rings. The predicted octanol–water partition coefficient (Wildman–Crippen LogP) is 3.67. The van der Waals surface area contributed by atoms with Crippen molar-refractivity contribution in [2.45, 2.75) is 27.7 Å². The quantitative estimate of drug-likeness (QED) is 0.607. The van der Waals surface area contributed by atoms with Crippen molar-refractivity contribution in [3.63, 3.8) is 0 Å². The molecule has 0 atom stereocenters. The van der Waals surface area contributed by atoms with Gasteiger partial charge < -0.3 is 9.30 Å². The van der Waals surface area contributed by atoms with E-state index in [2.05, 4.69) is 16.7 Å². The highest BCUT2D eigenvalue weighted by Gasteiger charge is 2.15. The third-order valence-corrected chi connectivity index (χ3v) is 3.44. The Morgan fingerprint density at radius 1 is 1.38 bits per heavy atom. The Hall–Kier alpha value is -2.89. The first kappa shape index (κ1) is 21.2. The molecule has 0 amide bonds. The van der Waals surface area contributed by atoms with E-state index < -0.39 is 0 Å². The maximum atomic E-state index is 12.2. The summed E-state index contributed by atoms with van der Waals surface area (Å²) in [4.78, 5) is 16.6. The molecule has 0 spiro atoms. The fraction of sp³-hybridized carbons (Fsp3) is 0.350. The maximum absolute atomic E-state index is 12.2. The molecule has 0 aromatic carbocycles. The monoisotopic (exact) mass is 356 g/mol. The van der Waals surface area contributed by atoms with E-state index in [-0.39, 0.29) is 5.97 Å². The minimum atomic E-state index is -0.382. The molecule has 2 aromatic heterocycles. The van der Waals surface area contributed by atoms with Gasteiger partial charge in [-0.15, -0.1) is 0 Å². The largest absolute Gasteiger partial charge is 0.462 e. The first-order valence-electron chi connectivity index (χ1n) is 8.69. The topological polar surface area (TPSA) is 61.4 Å². The van der Waals surface area contributed by atoms with Crippen LogP contribution in [0.15, 0.2) is 48.4 Å². The van der Waals surface area contributed by atoms with Gasteiger partial charge in [-0.25, -0.2) is 4.79 Å². The average molecular weight is 356 g/mol. The summed E-state index contributed by atoms with van der Waals surface area (Å²) in [5.41, 5.74) is 3.50. The van der Waals surface area contributed by atoms with Crippen LogP contribution in [0.2, 0.25) is 0 Å². The Morgan fingerprint density at radius 3 is 2.58 bits per heavy atom. The van der Waals surface area contributed by atoms with Crippen molar-refractivity contribution in [3.05, 3.63) is 54.4 Å². The van der Waals surface area contributed by atoms with Crippen molar-refractivity contribution < 1.29 is 9.53 Å². The molecular formula is C20H28N4O2. The Morgan fingerprint density at radius 2 is 2.08 bits per heavy atom. The molecule has 2 aromatic rings. The predicted molar refractivity (Wildman–Crippen MR) is 106 cm³/mol. The van der Waals surface area contributed by atoms with E-state index in [1.807, 2.05) is 46.2 Å². The van der Waals surface area contributed by atoms with E-state index in [0.717, 1.165) is 11.1 Å². The Bertz CT molecular complexity index is 857. The highest BCUT2D eigenvalue weighted by atomic mass is 16.5. The molecule has 2 rings (SSSR count). The van der Waals surface area contributed by atoms with E-state index in [0.29, 0.717) is 23.4 Å². The molecule has 0 saturated carbocycles. The van der Waals surface area contributed by atoms with E-state index in [1.165, 1.54) is 0 Å². The molecule has 0 saturated heterocycles. The van der Waals surface area contributed by atoms with Crippen LogP contribution in [0.1, 0.15) is 38.1 Å². The third-order valence-electron chi connectivity index (χ3n) is 3.44. The van der Waals surface area contributed by atoms with Crippen LogP contribution in [0, 0.1) is 0 Å². The van der Waals surface area contributed by atoms with E-state index >= 15 is 0 Å². The normalized spacial score (nSPS) is 11.2. The standard InChI is InChI=1S/C18H22N4O2.C2H6/c1-6-8-13(3)22-12-14(18(23)24-7-2)9-16(17(22)19-4)15-10-20-21(5)11-15;1-2/h6,8-12H,3,7H2,1-2,4-5H3;1-2H3/b8-6+,19-17?;. The zero-order chi connectivity index (χ0) is 19.7. The summed E-state index contributed by atoms with van der Waals surface area (Å²) in [6.07, 6.45) is 9.05. The van der Waals surface area contributed by atoms with Gasteiger partial charge in [0, 0.05) is 43.3 Å². The number of hydrogen-bond donors (Lipinski definition) is 0. The number of pyridine rings is 1. The summed E-state index contributed by atoms with van der Waals surface area (Å²) >= 11 is 0. The van der Waals surface area contributed by atoms with Crippen LogP contribution in [-0.4, -0.2) is 34.0 Å². The minimum Gasteiger partial charge on any atom is -0.462 e. The summed E-state index contributed by atoms with van der Waals surface area (Å²) in [6.45, 7) is 12.1. The molecule has 0 aliphatic rings. The maximum Gasteiger partial charge on any atom is 0.339 e. The van der Waals surface area contributed by atoms with Crippen LogP contribution >= 0.6 is 0 Å². The number of hydrogen-bond acceptors (Lipinski definition) is 4. The second-order valence-electron chi connectivity index (χ2n) is 5.17. The Kier molecular flexibility index (Phi) is 8.28. The number of carbonyl (C=O) groups excluding carboxylic acids is 1. The van der Waals surface area contributed by atoms with Gasteiger partial charge in [0.2, 0.25) is 0 Å². The lowest BCUT2D eigenvalue weighted by Gasteiger charge is -2.13. The first-order chi connectivity index (χ1) is 12.5. The Balaban J connectivity index is 0.00000163. The average Bonchev–Trinajstić information content (AvgIpc) is 3.08. The van der Waals surface area contributed by atoms with Gasteiger partial charge in [0.25, 0.3) is 0 Å². The second-order valence-corrected chi connectivity index (χ2v) is 5.17. The first-order valence-corrected chi connectivity index (χ1v) is 8.69. The van der Waals surface area contributed by atoms with Crippen LogP contribution in [0.4, 0.5) is 0 Å². The number of esters is 1. The molecule has 0 unspecified atom stereocenters. The lowest BCUT2D eigenvalue weighted by molar-refractivity contribution is 0.0525. The molecule has 0 radical (unpaired) electrons. The summed E-state index contributed by atoms with van der Waals surface area (Å²) < 4.78 is 8.63. The number of nitrogens with zero attached hydrogens (tertiary/aromatic N) is 4. The van der Waals surface area contributed by atoms with Gasteiger partial charge in [0.05, 0.1) is 18.4 Å². The van der Waals surface area contributed by atoms with Gasteiger partial charge in [-0.05, 0) is 26.0 Å². The van der Waals surface area contributed by atoms with Gasteiger partial charge in [-0.2, -0.15) is 5.10 Å². The minimum absolute atomic E-state index is 0.316. The molecule has 140 valence electrons. The number of ether oxygens (including phenoxy) is 1. The number of rotatable bonds is 5. The smallest absolute Gasteiger partial charge is 0.339 e. The summed E-state index contributed by atoms with van der Waals surface area (Å²) in [5.74, 6) is -0.382. The zero-order valence-corrected chi connectivity index (χ0v) is 16.5. The number of aryl methyl sites for hydroxylation is 1. The molecule has 2 heterocycles. The lowest BCUT2D eigenvalue weighted by Crippen LogP contribution is -2.23. The van der Waals surface area contributed by atoms with Crippen LogP contribution in [0.25, 0.3) is 16.8 Å². The van der Waals surface area contributed by atoms with E-state index in [9.17, 15) is 4.79 Å². The molecule has 0 aliphatic carbocycles. The van der Waals surface area contributed by atoms with Gasteiger partial charge >= 0.3 is 5.97 Å². The summed E-state index contributed by atoms with van der Waals surface area (Å²) in [6, 6.07) is 1.77. The van der Waals surface area contributed by atoms with E-state index in [1.54, 1.807) is 41.7 Å². The lowest BCUT2D eigenvalue weighted by atomic mass is 10.1. The van der Waals surface area contributed by atoms with Gasteiger partial charge in [0.15, 0.2) is 0 Å². The van der Waals surface area contributed by atoms with Crippen molar-refractivity contribution in [2.75, 3.05) is 13.7 Å². The second kappa shape index (κ2) is 10.2. The van der Waals surface area contributed by atoms with Crippen LogP contribution in [-0.2, 0) is 11.8 Å². The number of aromatic nitrogens is 3. The third kappa shape index (κ3) is 4.81. The van der Waals surface area contributed by atoms with Gasteiger partial charge in [-0.1, -0.05) is 26.5 Å². The van der Waals surface area contributed by atoms with Gasteiger partial charge in [0.1, 0.15) is 5.49 Å². The van der Waals surface area contributed by atoms with Crippen molar-refractivity contribution in [2.24, 2.45) is 12.0 Å². The SMILES string of the molecule is C=C(/C=C/C)n1cc(C(=O)OCC)cc(-c2cnn(C)c2)c1=NC.CC. The Labute approximate surface area is 155 Å². The van der Waals surface area contributed by atoms with Crippen LogP contribution < -0.4 is 5.49 Å². The highest BCUT2D eigenvalue weighted by Crippen LogP contribution is 2.18. The zero-order valence-electron chi connectivity index (χ0n) is 16.5. The molecular weight excluding hydrogens is 328 g/mol. The van der Waals surface area contributed by atoms with Gasteiger partial charge in [-0.3, -0.25) is 9.67 Å². The van der Waals surface area contributed by atoms with Crippen LogP contribution in [0.5, 0.6) is 0 Å². The summed E-state index contributed by atoms with van der Waals surface area (Å²) in [7, 11) is 3.55. The van der Waals surface area contributed by atoms with Crippen molar-refractivity contribution in [3.8, 4) is 11.1 Å². The summed E-state index contributed by atoms with van der Waals surface area (Å²) in [5, 5.41) is 4.20. The van der Waals surface area contributed by atoms with Crippen molar-refractivity contribution in [1.29, 1.82) is 0 Å². The fourth-order valence-corrected chi connectivity index (χ4v) is 2.41. The number of allylic oxidation sites excluding steroid dienone is 3. The molecule has 26 heavy (non-hydrogen) atoms. The molecule has 0 N–H and O–H groups in total. The van der Waals surface area contributed by atoms with Crippen molar-refractivity contribution in [1.82, 2.24) is 14.3 Å². The highest BCUT2D eigenvalue weighted by molar-refractivity contribution is 5.91. The molecule has 6 heteroatoms. The molecule has 0 aliphatic heterocycles.